The Hall–Kier alpha value is -0.760. The van der Waals surface area contributed by atoms with Crippen molar-refractivity contribution in [2.24, 2.45) is 5.41 Å². The van der Waals surface area contributed by atoms with Crippen molar-refractivity contribution in [3.8, 4) is 0 Å². The van der Waals surface area contributed by atoms with Gasteiger partial charge in [-0.25, -0.2) is 0 Å². The zero-order chi connectivity index (χ0) is 11.5. The molecule has 86 valence electrons. The lowest BCUT2D eigenvalue weighted by Gasteiger charge is -2.31. The molecule has 1 heterocycles. The van der Waals surface area contributed by atoms with E-state index < -0.39 is 0 Å². The molecule has 1 rings (SSSR count). The molecule has 0 radical (unpaired) electrons. The minimum atomic E-state index is 0.278. The molecule has 2 nitrogen and oxygen atoms in total. The van der Waals surface area contributed by atoms with Gasteiger partial charge in [0, 0.05) is 6.04 Å². The van der Waals surface area contributed by atoms with Gasteiger partial charge in [0.1, 0.15) is 5.76 Å². The van der Waals surface area contributed by atoms with E-state index in [1.54, 1.807) is 6.26 Å². The van der Waals surface area contributed by atoms with Crippen LogP contribution in [-0.4, -0.2) is 6.04 Å². The summed E-state index contributed by atoms with van der Waals surface area (Å²) in [5.41, 5.74) is 0.278. The molecule has 0 aliphatic heterocycles. The molecule has 0 aliphatic rings. The molecule has 0 fully saturated rings. The smallest absolute Gasteiger partial charge is 0.120 e. The summed E-state index contributed by atoms with van der Waals surface area (Å²) in [6, 6.07) is 4.78. The number of furan rings is 1. The first-order valence-electron chi connectivity index (χ1n) is 5.74. The van der Waals surface area contributed by atoms with Crippen LogP contribution < -0.4 is 5.32 Å². The van der Waals surface area contributed by atoms with Gasteiger partial charge in [0.2, 0.25) is 0 Å². The van der Waals surface area contributed by atoms with Crippen molar-refractivity contribution in [3.63, 3.8) is 0 Å². The Labute approximate surface area is 93.1 Å². The summed E-state index contributed by atoms with van der Waals surface area (Å²) in [6.45, 7) is 11.2. The zero-order valence-electron chi connectivity index (χ0n) is 10.5. The van der Waals surface area contributed by atoms with Gasteiger partial charge >= 0.3 is 0 Å². The second kappa shape index (κ2) is 4.84. The summed E-state index contributed by atoms with van der Waals surface area (Å²) >= 11 is 0. The first kappa shape index (κ1) is 12.3. The predicted octanol–water partition coefficient (Wildman–Crippen LogP) is 3.75. The topological polar surface area (TPSA) is 25.2 Å². The largest absolute Gasteiger partial charge is 0.468 e. The lowest BCUT2D eigenvalue weighted by molar-refractivity contribution is 0.248. The van der Waals surface area contributed by atoms with E-state index in [4.69, 9.17) is 4.42 Å². The Morgan fingerprint density at radius 1 is 1.40 bits per heavy atom. The third kappa shape index (κ3) is 3.38. The van der Waals surface area contributed by atoms with Gasteiger partial charge in [0.05, 0.1) is 12.3 Å². The second-order valence-corrected chi connectivity index (χ2v) is 5.23. The number of nitrogens with one attached hydrogen (secondary N) is 1. The van der Waals surface area contributed by atoms with Gasteiger partial charge < -0.3 is 9.73 Å². The van der Waals surface area contributed by atoms with Crippen LogP contribution in [0.15, 0.2) is 22.8 Å². The molecule has 0 bridgehead atoms. The number of hydrogen-bond acceptors (Lipinski definition) is 2. The lowest BCUT2D eigenvalue weighted by atomic mass is 9.87. The summed E-state index contributed by atoms with van der Waals surface area (Å²) in [5.74, 6) is 1.04. The zero-order valence-corrected chi connectivity index (χ0v) is 10.5. The highest BCUT2D eigenvalue weighted by atomic mass is 16.3. The normalized spacial score (nSPS) is 16.3. The van der Waals surface area contributed by atoms with E-state index in [0.29, 0.717) is 12.1 Å². The summed E-state index contributed by atoms with van der Waals surface area (Å²) in [4.78, 5) is 0. The predicted molar refractivity (Wildman–Crippen MR) is 63.8 cm³/mol. The van der Waals surface area contributed by atoms with Crippen molar-refractivity contribution < 1.29 is 4.42 Å². The van der Waals surface area contributed by atoms with Crippen LogP contribution in [0.1, 0.15) is 52.8 Å². The third-order valence-corrected chi connectivity index (χ3v) is 3.05. The van der Waals surface area contributed by atoms with Crippen molar-refractivity contribution >= 4 is 0 Å². The summed E-state index contributed by atoms with van der Waals surface area (Å²) in [5, 5.41) is 3.62. The fourth-order valence-electron chi connectivity index (χ4n) is 1.44. The van der Waals surface area contributed by atoms with Crippen LogP contribution in [0.4, 0.5) is 0 Å². The van der Waals surface area contributed by atoms with Gasteiger partial charge in [-0.2, -0.15) is 0 Å². The first-order valence-corrected chi connectivity index (χ1v) is 5.74. The summed E-state index contributed by atoms with van der Waals surface area (Å²) < 4.78 is 5.44. The molecule has 1 N–H and O–H groups in total. The van der Waals surface area contributed by atoms with Gasteiger partial charge in [-0.05, 0) is 30.9 Å². The number of hydrogen-bond donors (Lipinski definition) is 1. The Kier molecular flexibility index (Phi) is 3.97. The van der Waals surface area contributed by atoms with Crippen molar-refractivity contribution in [1.82, 2.24) is 5.32 Å². The standard InChI is InChI=1S/C13H23NO/c1-6-11(12-8-7-9-15-12)14-10(2)13(3,4)5/h7-11,14H,6H2,1-5H3. The molecule has 1 aromatic heterocycles. The van der Waals surface area contributed by atoms with Crippen LogP contribution in [0.2, 0.25) is 0 Å². The fraction of sp³-hybridized carbons (Fsp3) is 0.692. The lowest BCUT2D eigenvalue weighted by Crippen LogP contribution is -2.39. The maximum Gasteiger partial charge on any atom is 0.120 e. The van der Waals surface area contributed by atoms with E-state index in [1.807, 2.05) is 12.1 Å². The van der Waals surface area contributed by atoms with Gasteiger partial charge in [-0.1, -0.05) is 27.7 Å². The monoisotopic (exact) mass is 209 g/mol. The van der Waals surface area contributed by atoms with E-state index in [2.05, 4.69) is 39.9 Å². The maximum absolute atomic E-state index is 5.44. The van der Waals surface area contributed by atoms with Crippen molar-refractivity contribution in [1.29, 1.82) is 0 Å². The molecule has 15 heavy (non-hydrogen) atoms. The maximum atomic E-state index is 5.44. The van der Waals surface area contributed by atoms with Crippen LogP contribution in [-0.2, 0) is 0 Å². The number of rotatable bonds is 4. The molecule has 0 aromatic carbocycles. The highest BCUT2D eigenvalue weighted by molar-refractivity contribution is 5.04. The van der Waals surface area contributed by atoms with Gasteiger partial charge in [-0.15, -0.1) is 0 Å². The molecule has 1 aromatic rings. The van der Waals surface area contributed by atoms with Crippen molar-refractivity contribution in [3.05, 3.63) is 24.2 Å². The molecule has 0 aliphatic carbocycles. The van der Waals surface area contributed by atoms with Crippen LogP contribution in [0, 0.1) is 5.41 Å². The fourth-order valence-corrected chi connectivity index (χ4v) is 1.44. The quantitative estimate of drug-likeness (QED) is 0.817. The van der Waals surface area contributed by atoms with Gasteiger partial charge in [0.15, 0.2) is 0 Å². The molecule has 0 spiro atoms. The van der Waals surface area contributed by atoms with E-state index in [-0.39, 0.29) is 5.41 Å². The van der Waals surface area contributed by atoms with E-state index in [1.165, 1.54) is 0 Å². The van der Waals surface area contributed by atoms with E-state index >= 15 is 0 Å². The summed E-state index contributed by atoms with van der Waals surface area (Å²) in [7, 11) is 0. The molecule has 0 saturated heterocycles. The third-order valence-electron chi connectivity index (χ3n) is 3.05. The minimum absolute atomic E-state index is 0.278. The highest BCUT2D eigenvalue weighted by Gasteiger charge is 2.23. The Balaban J connectivity index is 2.63. The first-order chi connectivity index (χ1) is 6.95. The Bertz CT molecular complexity index is 271. The van der Waals surface area contributed by atoms with Crippen LogP contribution in [0.5, 0.6) is 0 Å². The molecular formula is C13H23NO. The second-order valence-electron chi connectivity index (χ2n) is 5.23. The summed E-state index contributed by atoms with van der Waals surface area (Å²) in [6.07, 6.45) is 2.79. The van der Waals surface area contributed by atoms with Crippen molar-refractivity contribution in [2.45, 2.75) is 53.1 Å². The van der Waals surface area contributed by atoms with Crippen LogP contribution in [0.3, 0.4) is 0 Å². The SMILES string of the molecule is CCC(NC(C)C(C)(C)C)c1ccco1. The van der Waals surface area contributed by atoms with Gasteiger partial charge in [0.25, 0.3) is 0 Å². The minimum Gasteiger partial charge on any atom is -0.468 e. The average molecular weight is 209 g/mol. The molecule has 2 heteroatoms. The average Bonchev–Trinajstić information content (AvgIpc) is 2.64. The Morgan fingerprint density at radius 3 is 2.47 bits per heavy atom. The Morgan fingerprint density at radius 2 is 2.07 bits per heavy atom. The van der Waals surface area contributed by atoms with E-state index in [0.717, 1.165) is 12.2 Å². The molecule has 0 amide bonds. The molecular weight excluding hydrogens is 186 g/mol. The molecule has 2 unspecified atom stereocenters. The van der Waals surface area contributed by atoms with Crippen LogP contribution >= 0.6 is 0 Å². The van der Waals surface area contributed by atoms with E-state index in [9.17, 15) is 0 Å². The van der Waals surface area contributed by atoms with Crippen LogP contribution in [0.25, 0.3) is 0 Å². The van der Waals surface area contributed by atoms with Crippen molar-refractivity contribution in [2.75, 3.05) is 0 Å². The molecule has 2 atom stereocenters. The van der Waals surface area contributed by atoms with Gasteiger partial charge in [-0.3, -0.25) is 0 Å². The highest BCUT2D eigenvalue weighted by Crippen LogP contribution is 2.24. The molecule has 0 saturated carbocycles.